The summed E-state index contributed by atoms with van der Waals surface area (Å²) in [6, 6.07) is 11.8. The Hall–Kier alpha value is -2.60. The van der Waals surface area contributed by atoms with Gasteiger partial charge in [0, 0.05) is 25.2 Å². The first-order chi connectivity index (χ1) is 14.5. The molecule has 2 aromatic rings. The van der Waals surface area contributed by atoms with Crippen LogP contribution in [0.1, 0.15) is 50.0 Å². The molecular formula is C24H34N2O4. The van der Waals surface area contributed by atoms with Gasteiger partial charge in [-0.15, -0.1) is 0 Å². The van der Waals surface area contributed by atoms with Crippen molar-refractivity contribution < 1.29 is 19.0 Å². The van der Waals surface area contributed by atoms with Gasteiger partial charge in [-0.3, -0.25) is 0 Å². The Morgan fingerprint density at radius 1 is 1.07 bits per heavy atom. The van der Waals surface area contributed by atoms with Gasteiger partial charge in [0.1, 0.15) is 17.1 Å². The summed E-state index contributed by atoms with van der Waals surface area (Å²) in [7, 11) is 0. The summed E-state index contributed by atoms with van der Waals surface area (Å²) in [6.07, 6.45) is 2.23. The van der Waals surface area contributed by atoms with E-state index in [1.54, 1.807) is 6.07 Å². The van der Waals surface area contributed by atoms with Gasteiger partial charge in [0.05, 0.1) is 26.4 Å². The molecule has 0 bridgehead atoms. The van der Waals surface area contributed by atoms with E-state index < -0.39 is 5.97 Å². The van der Waals surface area contributed by atoms with Crippen molar-refractivity contribution >= 4 is 11.8 Å². The van der Waals surface area contributed by atoms with Crippen LogP contribution in [-0.2, 0) is 16.1 Å². The molecule has 0 saturated heterocycles. The molecule has 1 aromatic heterocycles. The lowest BCUT2D eigenvalue weighted by atomic mass is 10.2. The van der Waals surface area contributed by atoms with Gasteiger partial charge >= 0.3 is 5.97 Å². The van der Waals surface area contributed by atoms with E-state index >= 15 is 0 Å². The molecule has 0 radical (unpaired) electrons. The van der Waals surface area contributed by atoms with Crippen molar-refractivity contribution in [2.75, 3.05) is 31.7 Å². The molecule has 0 unspecified atom stereocenters. The minimum absolute atomic E-state index is 0.264. The van der Waals surface area contributed by atoms with Crippen LogP contribution in [0.3, 0.4) is 0 Å². The maximum Gasteiger partial charge on any atom is 0.343 e. The number of pyridine rings is 1. The molecular weight excluding hydrogens is 380 g/mol. The average Bonchev–Trinajstić information content (AvgIpc) is 2.73. The van der Waals surface area contributed by atoms with Crippen LogP contribution in [-0.4, -0.2) is 37.3 Å². The Balaban J connectivity index is 1.90. The number of carbonyl (C=O) groups excluding carboxylic acids is 1. The number of nitrogens with one attached hydrogen (secondary N) is 1. The number of rotatable bonds is 13. The van der Waals surface area contributed by atoms with Crippen LogP contribution in [0.2, 0.25) is 0 Å². The Morgan fingerprint density at radius 2 is 1.83 bits per heavy atom. The molecule has 0 spiro atoms. The van der Waals surface area contributed by atoms with E-state index in [1.807, 2.05) is 44.2 Å². The molecule has 0 aliphatic carbocycles. The summed E-state index contributed by atoms with van der Waals surface area (Å²) in [6.45, 7) is 11.0. The van der Waals surface area contributed by atoms with Crippen LogP contribution in [0.25, 0.3) is 0 Å². The highest BCUT2D eigenvalue weighted by molar-refractivity contribution is 5.92. The van der Waals surface area contributed by atoms with Gasteiger partial charge in [0.25, 0.3) is 0 Å². The van der Waals surface area contributed by atoms with E-state index in [-0.39, 0.29) is 5.92 Å². The summed E-state index contributed by atoms with van der Waals surface area (Å²) in [5.74, 6) is 1.49. The molecule has 164 valence electrons. The summed E-state index contributed by atoms with van der Waals surface area (Å²) in [4.78, 5) is 16.8. The summed E-state index contributed by atoms with van der Waals surface area (Å²) in [5, 5.41) is 3.26. The van der Waals surface area contributed by atoms with E-state index in [0.29, 0.717) is 55.9 Å². The maximum absolute atomic E-state index is 12.5. The third kappa shape index (κ3) is 8.82. The molecule has 0 aliphatic rings. The Labute approximate surface area is 180 Å². The largest absolute Gasteiger partial charge is 0.492 e. The van der Waals surface area contributed by atoms with E-state index in [4.69, 9.17) is 14.2 Å². The van der Waals surface area contributed by atoms with Crippen molar-refractivity contribution in [2.24, 2.45) is 11.8 Å². The summed E-state index contributed by atoms with van der Waals surface area (Å²) >= 11 is 0. The molecule has 0 saturated carbocycles. The van der Waals surface area contributed by atoms with Crippen LogP contribution in [0.5, 0.6) is 5.75 Å². The van der Waals surface area contributed by atoms with Crippen LogP contribution < -0.4 is 10.1 Å². The van der Waals surface area contributed by atoms with Gasteiger partial charge in [-0.05, 0) is 17.4 Å². The second-order valence-corrected chi connectivity index (χ2v) is 8.07. The third-order valence-corrected chi connectivity index (χ3v) is 4.13. The van der Waals surface area contributed by atoms with Crippen molar-refractivity contribution in [1.29, 1.82) is 0 Å². The normalized spacial score (nSPS) is 11.0. The lowest BCUT2D eigenvalue weighted by molar-refractivity contribution is 0.0453. The second-order valence-electron chi connectivity index (χ2n) is 8.07. The quantitative estimate of drug-likeness (QED) is 0.369. The standard InChI is InChI=1S/C24H34N2O4/c1-18(2)14-25-23-13-22(21(15-26-23)24(27)30-16-19(3)4)29-12-8-11-28-17-20-9-6-5-7-10-20/h5-7,9-10,13,15,18-19H,8,11-12,14,16-17H2,1-4H3,(H,25,26). The van der Waals surface area contributed by atoms with Gasteiger partial charge in [-0.2, -0.15) is 0 Å². The monoisotopic (exact) mass is 414 g/mol. The number of esters is 1. The highest BCUT2D eigenvalue weighted by Gasteiger charge is 2.17. The first-order valence-electron chi connectivity index (χ1n) is 10.6. The fraction of sp³-hybridized carbons (Fsp3) is 0.500. The van der Waals surface area contributed by atoms with E-state index in [2.05, 4.69) is 24.1 Å². The van der Waals surface area contributed by atoms with Crippen molar-refractivity contribution in [3.63, 3.8) is 0 Å². The van der Waals surface area contributed by atoms with E-state index in [0.717, 1.165) is 12.1 Å². The average molecular weight is 415 g/mol. The number of benzene rings is 1. The molecule has 6 nitrogen and oxygen atoms in total. The zero-order valence-corrected chi connectivity index (χ0v) is 18.5. The van der Waals surface area contributed by atoms with Crippen molar-refractivity contribution in [3.05, 3.63) is 53.7 Å². The predicted molar refractivity (Wildman–Crippen MR) is 119 cm³/mol. The fourth-order valence-electron chi connectivity index (χ4n) is 2.54. The smallest absolute Gasteiger partial charge is 0.343 e. The third-order valence-electron chi connectivity index (χ3n) is 4.13. The Morgan fingerprint density at radius 3 is 2.53 bits per heavy atom. The highest BCUT2D eigenvalue weighted by atomic mass is 16.5. The molecule has 1 heterocycles. The summed E-state index contributed by atoms with van der Waals surface area (Å²) in [5.41, 5.74) is 1.49. The lowest BCUT2D eigenvalue weighted by Gasteiger charge is -2.14. The molecule has 0 amide bonds. The number of carbonyl (C=O) groups is 1. The second kappa shape index (κ2) is 12.9. The van der Waals surface area contributed by atoms with E-state index in [1.165, 1.54) is 6.20 Å². The number of ether oxygens (including phenoxy) is 3. The fourth-order valence-corrected chi connectivity index (χ4v) is 2.54. The predicted octanol–water partition coefficient (Wildman–Crippen LogP) is 4.95. The molecule has 6 heteroatoms. The van der Waals surface area contributed by atoms with Gasteiger partial charge < -0.3 is 19.5 Å². The van der Waals surface area contributed by atoms with Gasteiger partial charge in [0.15, 0.2) is 0 Å². The van der Waals surface area contributed by atoms with Crippen molar-refractivity contribution in [2.45, 2.75) is 40.7 Å². The minimum atomic E-state index is -0.415. The van der Waals surface area contributed by atoms with Crippen molar-refractivity contribution in [3.8, 4) is 5.75 Å². The maximum atomic E-state index is 12.5. The number of hydrogen-bond donors (Lipinski definition) is 1. The molecule has 0 atom stereocenters. The number of nitrogens with zero attached hydrogens (tertiary/aromatic N) is 1. The molecule has 0 aliphatic heterocycles. The number of anilines is 1. The highest BCUT2D eigenvalue weighted by Crippen LogP contribution is 2.23. The van der Waals surface area contributed by atoms with Crippen LogP contribution in [0.4, 0.5) is 5.82 Å². The zero-order valence-electron chi connectivity index (χ0n) is 18.5. The summed E-state index contributed by atoms with van der Waals surface area (Å²) < 4.78 is 17.0. The molecule has 30 heavy (non-hydrogen) atoms. The molecule has 0 fully saturated rings. The van der Waals surface area contributed by atoms with Gasteiger partial charge in [-0.1, -0.05) is 58.0 Å². The van der Waals surface area contributed by atoms with Crippen molar-refractivity contribution in [1.82, 2.24) is 4.98 Å². The zero-order chi connectivity index (χ0) is 21.8. The van der Waals surface area contributed by atoms with E-state index in [9.17, 15) is 4.79 Å². The number of hydrogen-bond acceptors (Lipinski definition) is 6. The van der Waals surface area contributed by atoms with Crippen LogP contribution in [0.15, 0.2) is 42.6 Å². The van der Waals surface area contributed by atoms with Crippen LogP contribution in [0, 0.1) is 11.8 Å². The molecule has 2 rings (SSSR count). The first-order valence-corrected chi connectivity index (χ1v) is 10.6. The topological polar surface area (TPSA) is 69.7 Å². The first kappa shape index (κ1) is 23.7. The molecule has 1 N–H and O–H groups in total. The lowest BCUT2D eigenvalue weighted by Crippen LogP contribution is -2.14. The molecule has 1 aromatic carbocycles. The Kier molecular flexibility index (Phi) is 10.1. The Bertz CT molecular complexity index is 763. The SMILES string of the molecule is CC(C)CNc1cc(OCCCOCc2ccccc2)c(C(=O)OCC(C)C)cn1. The van der Waals surface area contributed by atoms with Gasteiger partial charge in [0.2, 0.25) is 0 Å². The number of aromatic nitrogens is 1. The van der Waals surface area contributed by atoms with Gasteiger partial charge in [-0.25, -0.2) is 9.78 Å². The minimum Gasteiger partial charge on any atom is -0.492 e. The van der Waals surface area contributed by atoms with Crippen LogP contribution >= 0.6 is 0 Å².